The fourth-order valence-electron chi connectivity index (χ4n) is 3.12. The summed E-state index contributed by atoms with van der Waals surface area (Å²) in [5.41, 5.74) is 0.423. The van der Waals surface area contributed by atoms with E-state index in [1.54, 1.807) is 43.3 Å². The van der Waals surface area contributed by atoms with Gasteiger partial charge >= 0.3 is 5.97 Å². The van der Waals surface area contributed by atoms with Crippen molar-refractivity contribution in [1.29, 1.82) is 0 Å². The van der Waals surface area contributed by atoms with Crippen molar-refractivity contribution in [3.05, 3.63) is 90.3 Å². The summed E-state index contributed by atoms with van der Waals surface area (Å²) in [6.07, 6.45) is 1.74. The minimum atomic E-state index is -0.545. The number of carbonyl (C=O) groups excluding carboxylic acids is 1. The number of thiazole rings is 1. The predicted molar refractivity (Wildman–Crippen MR) is 120 cm³/mol. The van der Waals surface area contributed by atoms with E-state index < -0.39 is 17.1 Å². The summed E-state index contributed by atoms with van der Waals surface area (Å²) in [4.78, 5) is 40.8. The van der Waals surface area contributed by atoms with Gasteiger partial charge in [-0.25, -0.2) is 4.39 Å². The van der Waals surface area contributed by atoms with Crippen molar-refractivity contribution >= 4 is 28.3 Å². The van der Waals surface area contributed by atoms with Gasteiger partial charge in [-0.15, -0.1) is 0 Å². The fraction of sp³-hybridized carbons (Fsp3) is 0.174. The van der Waals surface area contributed by atoms with Crippen LogP contribution < -0.4 is 25.1 Å². The van der Waals surface area contributed by atoms with E-state index in [1.807, 2.05) is 0 Å². The van der Waals surface area contributed by atoms with Crippen molar-refractivity contribution in [2.24, 2.45) is 0 Å². The van der Waals surface area contributed by atoms with Crippen LogP contribution in [-0.2, 0) is 11.2 Å². The maximum atomic E-state index is 13.1. The topological polar surface area (TPSA) is 99.9 Å². The summed E-state index contributed by atoms with van der Waals surface area (Å²) in [5, 5.41) is 4.19. The Morgan fingerprint density at radius 2 is 1.91 bits per heavy atom. The average molecular weight is 467 g/mol. The van der Waals surface area contributed by atoms with E-state index in [2.05, 4.69) is 10.1 Å². The molecule has 4 aromatic rings. The van der Waals surface area contributed by atoms with Crippen LogP contribution in [0.2, 0.25) is 0 Å². The van der Waals surface area contributed by atoms with Crippen LogP contribution in [0.5, 0.6) is 11.5 Å². The lowest BCUT2D eigenvalue weighted by molar-refractivity contribution is -0.132. The van der Waals surface area contributed by atoms with Gasteiger partial charge < -0.3 is 9.47 Å². The smallest absolute Gasteiger partial charge is 0.308 e. The fourth-order valence-corrected chi connectivity index (χ4v) is 4.03. The largest absolute Gasteiger partial charge is 0.490 e. The number of nitrogens with zero attached hydrogens (tertiary/aromatic N) is 3. The zero-order valence-corrected chi connectivity index (χ0v) is 18.5. The first-order valence-corrected chi connectivity index (χ1v) is 10.8. The average Bonchev–Trinajstić information content (AvgIpc) is 3.06. The number of hydrogen-bond donors (Lipinski definition) is 0. The predicted octanol–water partition coefficient (Wildman–Crippen LogP) is 2.11. The molecule has 0 amide bonds. The zero-order valence-electron chi connectivity index (χ0n) is 17.7. The maximum Gasteiger partial charge on any atom is 0.308 e. The molecule has 2 aromatic heterocycles. The first-order chi connectivity index (χ1) is 15.8. The molecule has 33 heavy (non-hydrogen) atoms. The Bertz CT molecular complexity index is 1510. The summed E-state index contributed by atoms with van der Waals surface area (Å²) >= 11 is 1.03. The molecule has 0 unspecified atom stereocenters. The van der Waals surface area contributed by atoms with Gasteiger partial charge in [-0.3, -0.25) is 14.4 Å². The molecule has 0 aliphatic rings. The Hall–Kier alpha value is -3.92. The number of halogens is 1. The lowest BCUT2D eigenvalue weighted by Crippen LogP contribution is -2.28. The summed E-state index contributed by atoms with van der Waals surface area (Å²) < 4.78 is 25.2. The molecule has 8 nitrogen and oxygen atoms in total. The summed E-state index contributed by atoms with van der Waals surface area (Å²) in [5.74, 6) is -0.218. The molecule has 10 heteroatoms. The molecule has 0 spiro atoms. The van der Waals surface area contributed by atoms with Gasteiger partial charge in [-0.2, -0.15) is 14.6 Å². The minimum Gasteiger partial charge on any atom is -0.490 e. The Morgan fingerprint density at radius 3 is 2.61 bits per heavy atom. The molecule has 2 aromatic carbocycles. The number of esters is 1. The van der Waals surface area contributed by atoms with Crippen molar-refractivity contribution in [2.75, 3.05) is 6.61 Å². The number of hydrogen-bond acceptors (Lipinski definition) is 8. The van der Waals surface area contributed by atoms with E-state index in [4.69, 9.17) is 9.47 Å². The molecule has 0 aliphatic heterocycles. The third-order valence-electron chi connectivity index (χ3n) is 4.55. The third-order valence-corrected chi connectivity index (χ3v) is 5.51. The number of carbonyl (C=O) groups is 1. The van der Waals surface area contributed by atoms with E-state index in [1.165, 1.54) is 19.1 Å². The molecule has 2 heterocycles. The molecule has 0 atom stereocenters. The quantitative estimate of drug-likeness (QED) is 0.316. The molecule has 0 saturated carbocycles. The number of aromatic nitrogens is 3. The number of fused-ring (bicyclic) bond motifs is 1. The first-order valence-electron chi connectivity index (χ1n) is 9.98. The Kier molecular flexibility index (Phi) is 6.27. The van der Waals surface area contributed by atoms with Crippen LogP contribution in [0.3, 0.4) is 0 Å². The molecule has 0 N–H and O–H groups in total. The highest BCUT2D eigenvalue weighted by Crippen LogP contribution is 2.29. The lowest BCUT2D eigenvalue weighted by Gasteiger charge is -2.10. The second kappa shape index (κ2) is 9.29. The van der Waals surface area contributed by atoms with E-state index in [9.17, 15) is 18.8 Å². The summed E-state index contributed by atoms with van der Waals surface area (Å²) in [6, 6.07) is 10.6. The number of benzene rings is 2. The van der Waals surface area contributed by atoms with Gasteiger partial charge in [0.25, 0.3) is 11.1 Å². The van der Waals surface area contributed by atoms with Gasteiger partial charge in [-0.1, -0.05) is 29.5 Å². The first kappa shape index (κ1) is 22.3. The number of ether oxygens (including phenoxy) is 2. The van der Waals surface area contributed by atoms with Crippen molar-refractivity contribution < 1.29 is 18.7 Å². The van der Waals surface area contributed by atoms with E-state index in [-0.39, 0.29) is 28.6 Å². The highest BCUT2D eigenvalue weighted by Gasteiger charge is 2.13. The molecule has 4 rings (SSSR count). The van der Waals surface area contributed by atoms with E-state index in [0.717, 1.165) is 15.9 Å². The minimum absolute atomic E-state index is 0.0879. The Balaban J connectivity index is 1.74. The van der Waals surface area contributed by atoms with Crippen molar-refractivity contribution in [3.63, 3.8) is 0 Å². The lowest BCUT2D eigenvalue weighted by atomic mass is 10.1. The third kappa shape index (κ3) is 4.96. The van der Waals surface area contributed by atoms with Gasteiger partial charge in [0, 0.05) is 13.3 Å². The Labute approximate surface area is 190 Å². The standard InChI is InChI=1S/C23H18FN3O5S/c1-3-31-19-11-15(6-9-18(19)32-13(2)28)12-20-22(30)27-23(33-20)25-21(29)17(26-27)10-14-4-7-16(24)8-5-14/h4-9,11-12H,3,10H2,1-2H3. The molecule has 0 aliphatic carbocycles. The zero-order chi connectivity index (χ0) is 23.5. The molecule has 0 radical (unpaired) electrons. The van der Waals surface area contributed by atoms with Crippen LogP contribution in [-0.4, -0.2) is 27.2 Å². The normalized spacial score (nSPS) is 11.7. The SMILES string of the molecule is CCOc1cc(C=c2sc3nc(=O)c(Cc4ccc(F)cc4)nn3c2=O)ccc1OC(C)=O. The van der Waals surface area contributed by atoms with Gasteiger partial charge in [0.2, 0.25) is 4.96 Å². The second-order valence-electron chi connectivity index (χ2n) is 7.01. The molecular formula is C23H18FN3O5S. The molecule has 0 saturated heterocycles. The molecular weight excluding hydrogens is 449 g/mol. The van der Waals surface area contributed by atoms with E-state index >= 15 is 0 Å². The summed E-state index contributed by atoms with van der Waals surface area (Å²) in [6.45, 7) is 3.45. The van der Waals surface area contributed by atoms with Crippen molar-refractivity contribution in [1.82, 2.24) is 14.6 Å². The molecule has 0 fully saturated rings. The second-order valence-corrected chi connectivity index (χ2v) is 8.02. The van der Waals surface area contributed by atoms with Crippen LogP contribution in [0, 0.1) is 5.82 Å². The summed E-state index contributed by atoms with van der Waals surface area (Å²) in [7, 11) is 0. The van der Waals surface area contributed by atoms with Crippen LogP contribution in [0.25, 0.3) is 11.0 Å². The molecule has 0 bridgehead atoms. The van der Waals surface area contributed by atoms with Crippen molar-refractivity contribution in [2.45, 2.75) is 20.3 Å². The van der Waals surface area contributed by atoms with Gasteiger partial charge in [0.15, 0.2) is 11.5 Å². The van der Waals surface area contributed by atoms with Crippen LogP contribution in [0.1, 0.15) is 30.7 Å². The maximum absolute atomic E-state index is 13.1. The highest BCUT2D eigenvalue weighted by atomic mass is 32.1. The van der Waals surface area contributed by atoms with Gasteiger partial charge in [-0.05, 0) is 48.4 Å². The van der Waals surface area contributed by atoms with E-state index in [0.29, 0.717) is 28.0 Å². The molecule has 168 valence electrons. The monoisotopic (exact) mass is 467 g/mol. The highest BCUT2D eigenvalue weighted by molar-refractivity contribution is 7.15. The van der Waals surface area contributed by atoms with Crippen molar-refractivity contribution in [3.8, 4) is 11.5 Å². The van der Waals surface area contributed by atoms with Crippen LogP contribution in [0.15, 0.2) is 52.1 Å². The number of rotatable bonds is 6. The van der Waals surface area contributed by atoms with Crippen LogP contribution >= 0.6 is 11.3 Å². The Morgan fingerprint density at radius 1 is 1.15 bits per heavy atom. The van der Waals surface area contributed by atoms with Crippen LogP contribution in [0.4, 0.5) is 4.39 Å². The van der Waals surface area contributed by atoms with Gasteiger partial charge in [0.05, 0.1) is 11.1 Å². The van der Waals surface area contributed by atoms with Gasteiger partial charge in [0.1, 0.15) is 11.5 Å².